The number of hydrogen-bond acceptors (Lipinski definition) is 3. The minimum atomic E-state index is 0.330. The van der Waals surface area contributed by atoms with E-state index < -0.39 is 0 Å². The van der Waals surface area contributed by atoms with Crippen LogP contribution in [0.1, 0.15) is 34.6 Å². The molecule has 120 valence electrons. The molecule has 0 radical (unpaired) electrons. The van der Waals surface area contributed by atoms with E-state index in [9.17, 15) is 5.11 Å². The molecule has 2 aromatic carbocycles. The molecule has 1 heterocycles. The fourth-order valence-corrected chi connectivity index (χ4v) is 4.96. The minimum absolute atomic E-state index is 0.330. The van der Waals surface area contributed by atoms with Crippen LogP contribution in [0.25, 0.3) is 0 Å². The molecule has 0 bridgehead atoms. The highest BCUT2D eigenvalue weighted by atomic mass is 127. The van der Waals surface area contributed by atoms with Crippen molar-refractivity contribution in [3.8, 4) is 5.75 Å². The van der Waals surface area contributed by atoms with Crippen LogP contribution in [0, 0.1) is 3.57 Å². The van der Waals surface area contributed by atoms with Crippen molar-refractivity contribution in [1.29, 1.82) is 0 Å². The summed E-state index contributed by atoms with van der Waals surface area (Å²) in [4.78, 5) is 3.52. The summed E-state index contributed by atoms with van der Waals surface area (Å²) < 4.78 is 0.946. The predicted molar refractivity (Wildman–Crippen MR) is 105 cm³/mol. The van der Waals surface area contributed by atoms with Gasteiger partial charge in [-0.05, 0) is 95.4 Å². The maximum Gasteiger partial charge on any atom is 0.129 e. The number of phenolic OH excluding ortho intramolecular Hbond substituents is 1. The van der Waals surface area contributed by atoms with Crippen LogP contribution >= 0.6 is 35.2 Å². The van der Waals surface area contributed by atoms with Crippen molar-refractivity contribution in [2.75, 3.05) is 13.6 Å². The number of likely N-dealkylation sites (N-methyl/N-ethyl adjacent to an activating group) is 1. The third-order valence-corrected chi connectivity index (χ3v) is 6.54. The van der Waals surface area contributed by atoms with Gasteiger partial charge in [-0.3, -0.25) is 0 Å². The van der Waals surface area contributed by atoms with Crippen LogP contribution in [-0.2, 0) is 12.8 Å². The predicted octanol–water partition coefficient (Wildman–Crippen LogP) is 4.22. The van der Waals surface area contributed by atoms with Crippen LogP contribution in [0.5, 0.6) is 5.75 Å². The molecule has 2 aliphatic rings. The number of phenols is 1. The van der Waals surface area contributed by atoms with Crippen LogP contribution in [0.4, 0.5) is 0 Å². The van der Waals surface area contributed by atoms with Crippen LogP contribution in [0.2, 0.25) is 0 Å². The highest BCUT2D eigenvalue weighted by Crippen LogP contribution is 2.44. The summed E-state index contributed by atoms with van der Waals surface area (Å²) in [6, 6.07) is 11.2. The van der Waals surface area contributed by atoms with Gasteiger partial charge in [-0.1, -0.05) is 6.07 Å². The number of thiol groups is 1. The number of halogens is 1. The Hall–Kier alpha value is -0.720. The number of aryl methyl sites for hydroxylation is 1. The molecule has 2 atom stereocenters. The van der Waals surface area contributed by atoms with E-state index in [1.807, 2.05) is 6.07 Å². The second-order valence-corrected chi connectivity index (χ2v) is 8.38. The van der Waals surface area contributed by atoms with E-state index >= 15 is 0 Å². The Morgan fingerprint density at radius 1 is 1.13 bits per heavy atom. The molecule has 4 heteroatoms. The Labute approximate surface area is 156 Å². The van der Waals surface area contributed by atoms with E-state index in [0.29, 0.717) is 17.7 Å². The highest BCUT2D eigenvalue weighted by molar-refractivity contribution is 14.1. The van der Waals surface area contributed by atoms with Crippen LogP contribution in [0.3, 0.4) is 0 Å². The van der Waals surface area contributed by atoms with Gasteiger partial charge < -0.3 is 10.0 Å². The lowest BCUT2D eigenvalue weighted by atomic mass is 9.74. The molecule has 0 saturated carbocycles. The van der Waals surface area contributed by atoms with Crippen LogP contribution in [-0.4, -0.2) is 29.6 Å². The van der Waals surface area contributed by atoms with Gasteiger partial charge in [0.2, 0.25) is 0 Å². The number of benzene rings is 2. The maximum atomic E-state index is 10.3. The van der Waals surface area contributed by atoms with Gasteiger partial charge in [0.15, 0.2) is 0 Å². The quantitative estimate of drug-likeness (QED) is 0.477. The highest BCUT2D eigenvalue weighted by Gasteiger charge is 2.36. The molecule has 2 nitrogen and oxygen atoms in total. The number of aromatic hydroxyl groups is 1. The molecule has 2 aromatic rings. The van der Waals surface area contributed by atoms with Crippen LogP contribution in [0.15, 0.2) is 35.2 Å². The minimum Gasteiger partial charge on any atom is -0.507 e. The Balaban J connectivity index is 1.95. The lowest BCUT2D eigenvalue weighted by Gasteiger charge is -2.38. The first-order chi connectivity index (χ1) is 11.0. The summed E-state index contributed by atoms with van der Waals surface area (Å²) in [5.41, 5.74) is 5.51. The van der Waals surface area contributed by atoms with Gasteiger partial charge >= 0.3 is 0 Å². The maximum absolute atomic E-state index is 10.3. The smallest absolute Gasteiger partial charge is 0.129 e. The number of rotatable bonds is 0. The van der Waals surface area contributed by atoms with Crippen molar-refractivity contribution in [3.63, 3.8) is 0 Å². The van der Waals surface area contributed by atoms with E-state index in [1.165, 1.54) is 28.7 Å². The first-order valence-corrected chi connectivity index (χ1v) is 9.60. The fraction of sp³-hybridized carbons (Fsp3) is 0.368. The van der Waals surface area contributed by atoms with E-state index in [-0.39, 0.29) is 0 Å². The largest absolute Gasteiger partial charge is 0.507 e. The van der Waals surface area contributed by atoms with Gasteiger partial charge in [-0.15, -0.1) is 12.6 Å². The summed E-state index contributed by atoms with van der Waals surface area (Å²) in [6.45, 7) is 1.07. The molecular formula is C19H20INOS. The molecular weight excluding hydrogens is 417 g/mol. The van der Waals surface area contributed by atoms with E-state index in [2.05, 4.69) is 71.4 Å². The van der Waals surface area contributed by atoms with E-state index in [4.69, 9.17) is 0 Å². The SMILES string of the molecule is CN1CCc2cc(I)c(O)cc2C2c3cc(S)ccc3CC[C@@H]21. The summed E-state index contributed by atoms with van der Waals surface area (Å²) >= 11 is 6.79. The molecule has 4 rings (SSSR count). The van der Waals surface area contributed by atoms with Crippen molar-refractivity contribution >= 4 is 35.2 Å². The molecule has 1 aliphatic carbocycles. The van der Waals surface area contributed by atoms with Crippen molar-refractivity contribution in [3.05, 3.63) is 56.2 Å². The van der Waals surface area contributed by atoms with E-state index in [1.54, 1.807) is 0 Å². The van der Waals surface area contributed by atoms with Gasteiger partial charge in [0, 0.05) is 23.4 Å². The zero-order valence-electron chi connectivity index (χ0n) is 13.1. The normalized spacial score (nSPS) is 23.6. The third-order valence-electron chi connectivity index (χ3n) is 5.40. The molecule has 0 amide bonds. The average molecular weight is 437 g/mol. The zero-order valence-corrected chi connectivity index (χ0v) is 16.1. The Bertz CT molecular complexity index is 776. The third kappa shape index (κ3) is 2.68. The molecule has 1 unspecified atom stereocenters. The summed E-state index contributed by atoms with van der Waals surface area (Å²) in [5.74, 6) is 0.734. The van der Waals surface area contributed by atoms with E-state index in [0.717, 1.165) is 27.9 Å². The van der Waals surface area contributed by atoms with Gasteiger partial charge in [0.05, 0.1) is 3.57 Å². The van der Waals surface area contributed by atoms with Crippen molar-refractivity contribution in [2.45, 2.75) is 36.1 Å². The molecule has 0 saturated heterocycles. The summed E-state index contributed by atoms with van der Waals surface area (Å²) in [6.07, 6.45) is 3.35. The zero-order chi connectivity index (χ0) is 16.1. The Morgan fingerprint density at radius 3 is 2.74 bits per heavy atom. The van der Waals surface area contributed by atoms with Gasteiger partial charge in [0.25, 0.3) is 0 Å². The molecule has 0 spiro atoms. The van der Waals surface area contributed by atoms with Gasteiger partial charge in [-0.2, -0.15) is 0 Å². The summed E-state index contributed by atoms with van der Waals surface area (Å²) in [7, 11) is 2.24. The molecule has 1 N–H and O–H groups in total. The van der Waals surface area contributed by atoms with Crippen molar-refractivity contribution in [2.24, 2.45) is 0 Å². The number of nitrogens with zero attached hydrogens (tertiary/aromatic N) is 1. The first-order valence-electron chi connectivity index (χ1n) is 8.08. The topological polar surface area (TPSA) is 23.5 Å². The Morgan fingerprint density at radius 2 is 1.91 bits per heavy atom. The molecule has 1 aliphatic heterocycles. The average Bonchev–Trinajstić information content (AvgIpc) is 2.66. The summed E-state index contributed by atoms with van der Waals surface area (Å²) in [5, 5.41) is 10.3. The number of fused-ring (bicyclic) bond motifs is 5. The first kappa shape index (κ1) is 15.8. The Kier molecular flexibility index (Phi) is 4.10. The monoisotopic (exact) mass is 437 g/mol. The number of hydrogen-bond donors (Lipinski definition) is 2. The lowest BCUT2D eigenvalue weighted by Crippen LogP contribution is -2.39. The van der Waals surface area contributed by atoms with Gasteiger partial charge in [0.1, 0.15) is 5.75 Å². The second-order valence-electron chi connectivity index (χ2n) is 6.70. The molecule has 0 aromatic heterocycles. The standard InChI is InChI=1S/C19H20INOS/c1-21-7-6-12-8-16(20)18(22)10-15(12)19-14-9-13(23)4-2-11(14)3-5-17(19)21/h2,4,8-10,17,19,22-23H,3,5-7H2,1H3/t17-,19?/m0/s1. The second kappa shape index (κ2) is 5.97. The van der Waals surface area contributed by atoms with Gasteiger partial charge in [-0.25, -0.2) is 0 Å². The van der Waals surface area contributed by atoms with Crippen molar-refractivity contribution in [1.82, 2.24) is 4.90 Å². The molecule has 23 heavy (non-hydrogen) atoms. The fourth-order valence-electron chi connectivity index (χ4n) is 4.21. The van der Waals surface area contributed by atoms with Crippen molar-refractivity contribution < 1.29 is 5.11 Å². The molecule has 0 fully saturated rings. The van der Waals surface area contributed by atoms with Crippen LogP contribution < -0.4 is 0 Å². The lowest BCUT2D eigenvalue weighted by molar-refractivity contribution is 0.214.